The summed E-state index contributed by atoms with van der Waals surface area (Å²) in [7, 11) is 0. The van der Waals surface area contributed by atoms with Gasteiger partial charge in [-0.2, -0.15) is 0 Å². The molecule has 0 saturated carbocycles. The number of ether oxygens (including phenoxy) is 1. The molecule has 0 bridgehead atoms. The first kappa shape index (κ1) is 22.3. The number of rotatable bonds is 8. The van der Waals surface area contributed by atoms with Gasteiger partial charge >= 0.3 is 5.97 Å². The lowest BCUT2D eigenvalue weighted by molar-refractivity contribution is -0.113. The molecule has 4 aromatic rings. The van der Waals surface area contributed by atoms with E-state index in [1.54, 1.807) is 31.2 Å². The highest BCUT2D eigenvalue weighted by Crippen LogP contribution is 2.28. The van der Waals surface area contributed by atoms with Crippen LogP contribution in [0.25, 0.3) is 17.1 Å². The fourth-order valence-corrected chi connectivity index (χ4v) is 3.99. The van der Waals surface area contributed by atoms with Crippen molar-refractivity contribution in [3.8, 4) is 17.1 Å². The number of nitrogens with zero attached hydrogens (tertiary/aromatic N) is 3. The number of benzene rings is 3. The van der Waals surface area contributed by atoms with Gasteiger partial charge in [0.2, 0.25) is 5.91 Å². The van der Waals surface area contributed by atoms with Crippen molar-refractivity contribution in [3.05, 3.63) is 90.5 Å². The summed E-state index contributed by atoms with van der Waals surface area (Å²) in [5, 5.41) is 12.1. The van der Waals surface area contributed by atoms with E-state index in [4.69, 9.17) is 4.74 Å². The molecule has 0 aliphatic heterocycles. The predicted molar refractivity (Wildman–Crippen MR) is 129 cm³/mol. The van der Waals surface area contributed by atoms with Crippen molar-refractivity contribution in [2.75, 3.05) is 17.7 Å². The van der Waals surface area contributed by atoms with Crippen LogP contribution in [0.4, 0.5) is 5.69 Å². The Labute approximate surface area is 195 Å². The molecular weight excluding hydrogens is 436 g/mol. The number of hydrogen-bond acceptors (Lipinski definition) is 6. The molecular formula is C25H22N4O3S. The Bertz CT molecular complexity index is 1240. The molecule has 0 spiro atoms. The van der Waals surface area contributed by atoms with Crippen molar-refractivity contribution in [2.45, 2.75) is 12.1 Å². The van der Waals surface area contributed by atoms with Crippen LogP contribution in [-0.2, 0) is 9.53 Å². The van der Waals surface area contributed by atoms with Gasteiger partial charge in [0.05, 0.1) is 23.6 Å². The predicted octanol–water partition coefficient (Wildman–Crippen LogP) is 4.84. The number of nitrogens with one attached hydrogen (secondary N) is 1. The summed E-state index contributed by atoms with van der Waals surface area (Å²) < 4.78 is 7.00. The lowest BCUT2D eigenvalue weighted by atomic mass is 10.2. The zero-order chi connectivity index (χ0) is 23.0. The largest absolute Gasteiger partial charge is 0.462 e. The number of carbonyl (C=O) groups is 2. The van der Waals surface area contributed by atoms with Crippen molar-refractivity contribution in [2.24, 2.45) is 0 Å². The Morgan fingerprint density at radius 1 is 0.909 bits per heavy atom. The molecule has 0 unspecified atom stereocenters. The summed E-state index contributed by atoms with van der Waals surface area (Å²) >= 11 is 1.27. The van der Waals surface area contributed by atoms with Gasteiger partial charge in [0.15, 0.2) is 11.0 Å². The van der Waals surface area contributed by atoms with Crippen molar-refractivity contribution in [3.63, 3.8) is 0 Å². The summed E-state index contributed by atoms with van der Waals surface area (Å²) in [6, 6.07) is 26.3. The van der Waals surface area contributed by atoms with E-state index in [0.29, 0.717) is 22.2 Å². The number of esters is 1. The molecule has 0 saturated heterocycles. The average Bonchev–Trinajstić information content (AvgIpc) is 3.28. The zero-order valence-corrected chi connectivity index (χ0v) is 18.8. The Hall–Kier alpha value is -3.91. The van der Waals surface area contributed by atoms with E-state index in [1.165, 1.54) is 11.8 Å². The molecule has 33 heavy (non-hydrogen) atoms. The summed E-state index contributed by atoms with van der Waals surface area (Å²) in [4.78, 5) is 24.9. The maximum atomic E-state index is 12.7. The molecule has 3 aromatic carbocycles. The number of carbonyl (C=O) groups excluding carboxylic acids is 2. The van der Waals surface area contributed by atoms with Gasteiger partial charge in [0.25, 0.3) is 0 Å². The van der Waals surface area contributed by atoms with E-state index in [2.05, 4.69) is 15.5 Å². The van der Waals surface area contributed by atoms with E-state index in [9.17, 15) is 9.59 Å². The van der Waals surface area contributed by atoms with Crippen LogP contribution in [0.1, 0.15) is 17.3 Å². The molecule has 1 aromatic heterocycles. The van der Waals surface area contributed by atoms with Crippen molar-refractivity contribution < 1.29 is 14.3 Å². The van der Waals surface area contributed by atoms with E-state index < -0.39 is 5.97 Å². The minimum atomic E-state index is -0.475. The topological polar surface area (TPSA) is 86.1 Å². The second-order valence-electron chi connectivity index (χ2n) is 6.95. The van der Waals surface area contributed by atoms with Crippen LogP contribution >= 0.6 is 11.8 Å². The van der Waals surface area contributed by atoms with Gasteiger partial charge in [0, 0.05) is 11.3 Å². The fraction of sp³-hybridized carbons (Fsp3) is 0.120. The van der Waals surface area contributed by atoms with Gasteiger partial charge in [0.1, 0.15) is 0 Å². The summed E-state index contributed by atoms with van der Waals surface area (Å²) in [6.07, 6.45) is 0. The van der Waals surface area contributed by atoms with Gasteiger partial charge in [-0.1, -0.05) is 72.4 Å². The number of amides is 1. The van der Waals surface area contributed by atoms with Crippen LogP contribution in [0, 0.1) is 0 Å². The highest BCUT2D eigenvalue weighted by molar-refractivity contribution is 7.99. The smallest absolute Gasteiger partial charge is 0.340 e. The highest BCUT2D eigenvalue weighted by Gasteiger charge is 2.18. The first-order chi connectivity index (χ1) is 16.2. The molecule has 0 aliphatic carbocycles. The monoisotopic (exact) mass is 458 g/mol. The second kappa shape index (κ2) is 10.6. The molecule has 0 aliphatic rings. The third-order valence-corrected chi connectivity index (χ3v) is 5.64. The number of thioether (sulfide) groups is 1. The summed E-state index contributed by atoms with van der Waals surface area (Å²) in [5.74, 6) is 0.0482. The third kappa shape index (κ3) is 5.30. The average molecular weight is 459 g/mol. The Morgan fingerprint density at radius 3 is 2.30 bits per heavy atom. The first-order valence-electron chi connectivity index (χ1n) is 10.4. The van der Waals surface area contributed by atoms with Gasteiger partial charge in [-0.15, -0.1) is 10.2 Å². The lowest BCUT2D eigenvalue weighted by Gasteiger charge is -2.11. The third-order valence-electron chi connectivity index (χ3n) is 4.71. The standard InChI is InChI=1S/C25H22N4O3S/c1-2-32-24(31)20-15-9-10-16-21(20)26-22(30)17-33-25-28-27-23(18-11-5-3-6-12-18)29(25)19-13-7-4-8-14-19/h3-16H,2,17H2,1H3,(H,26,30). The maximum Gasteiger partial charge on any atom is 0.340 e. The van der Waals surface area contributed by atoms with E-state index in [0.717, 1.165) is 11.3 Å². The van der Waals surface area contributed by atoms with Gasteiger partial charge in [-0.05, 0) is 31.2 Å². The van der Waals surface area contributed by atoms with Crippen molar-refractivity contribution >= 4 is 29.3 Å². The molecule has 1 N–H and O–H groups in total. The molecule has 1 heterocycles. The van der Waals surface area contributed by atoms with E-state index >= 15 is 0 Å². The van der Waals surface area contributed by atoms with E-state index in [-0.39, 0.29) is 18.3 Å². The fourth-order valence-electron chi connectivity index (χ4n) is 3.24. The summed E-state index contributed by atoms with van der Waals surface area (Å²) in [6.45, 7) is 2.00. The second-order valence-corrected chi connectivity index (χ2v) is 7.89. The Balaban J connectivity index is 1.54. The molecule has 8 heteroatoms. The van der Waals surface area contributed by atoms with Gasteiger partial charge in [-0.25, -0.2) is 4.79 Å². The van der Waals surface area contributed by atoms with Crippen LogP contribution in [-0.4, -0.2) is 39.0 Å². The minimum Gasteiger partial charge on any atom is -0.462 e. The molecule has 166 valence electrons. The first-order valence-corrected chi connectivity index (χ1v) is 11.4. The molecule has 0 radical (unpaired) electrons. The Morgan fingerprint density at radius 2 is 1.58 bits per heavy atom. The molecule has 0 atom stereocenters. The van der Waals surface area contributed by atoms with Crippen LogP contribution < -0.4 is 5.32 Å². The molecule has 4 rings (SSSR count). The minimum absolute atomic E-state index is 0.0942. The molecule has 0 fully saturated rings. The van der Waals surface area contributed by atoms with Crippen molar-refractivity contribution in [1.82, 2.24) is 14.8 Å². The maximum absolute atomic E-state index is 12.7. The number of aromatic nitrogens is 3. The summed E-state index contributed by atoms with van der Waals surface area (Å²) in [5.41, 5.74) is 2.55. The number of hydrogen-bond donors (Lipinski definition) is 1. The molecule has 1 amide bonds. The van der Waals surface area contributed by atoms with Crippen molar-refractivity contribution in [1.29, 1.82) is 0 Å². The molecule has 7 nitrogen and oxygen atoms in total. The van der Waals surface area contributed by atoms with Crippen LogP contribution in [0.2, 0.25) is 0 Å². The Kier molecular flexibility index (Phi) is 7.16. The van der Waals surface area contributed by atoms with E-state index in [1.807, 2.05) is 65.2 Å². The van der Waals surface area contributed by atoms with Crippen LogP contribution in [0.3, 0.4) is 0 Å². The van der Waals surface area contributed by atoms with Crippen LogP contribution in [0.15, 0.2) is 90.1 Å². The number of para-hydroxylation sites is 2. The normalized spacial score (nSPS) is 10.6. The highest BCUT2D eigenvalue weighted by atomic mass is 32.2. The van der Waals surface area contributed by atoms with Crippen LogP contribution in [0.5, 0.6) is 0 Å². The SMILES string of the molecule is CCOC(=O)c1ccccc1NC(=O)CSc1nnc(-c2ccccc2)n1-c1ccccc1. The lowest BCUT2D eigenvalue weighted by Crippen LogP contribution is -2.17. The quantitative estimate of drug-likeness (QED) is 0.300. The van der Waals surface area contributed by atoms with Gasteiger partial charge < -0.3 is 10.1 Å². The number of anilines is 1. The zero-order valence-electron chi connectivity index (χ0n) is 18.0. The van der Waals surface area contributed by atoms with Gasteiger partial charge in [-0.3, -0.25) is 9.36 Å².